The molecule has 23 nitrogen and oxygen atoms in total. The molecule has 314 valence electrons. The highest BCUT2D eigenvalue weighted by molar-refractivity contribution is 5.97. The van der Waals surface area contributed by atoms with Gasteiger partial charge in [-0.3, -0.25) is 38.8 Å². The lowest BCUT2D eigenvalue weighted by atomic mass is 9.99. The molecule has 0 aliphatic rings. The predicted molar refractivity (Wildman–Crippen MR) is 201 cm³/mol. The van der Waals surface area contributed by atoms with Crippen LogP contribution < -0.4 is 60.6 Å². The molecule has 0 unspecified atom stereocenters. The summed E-state index contributed by atoms with van der Waals surface area (Å²) in [5, 5.41) is 43.4. The zero-order chi connectivity index (χ0) is 42.4. The Balaban J connectivity index is 5.54. The lowest BCUT2D eigenvalue weighted by Gasteiger charge is -2.28. The number of carbonyl (C=O) groups is 7. The molecule has 0 saturated heterocycles. The molecule has 0 aromatic carbocycles. The summed E-state index contributed by atoms with van der Waals surface area (Å²) in [6, 6.07) is -9.25. The third-order valence-corrected chi connectivity index (χ3v) is 7.83. The van der Waals surface area contributed by atoms with Crippen molar-refractivity contribution in [3.05, 3.63) is 0 Å². The number of nitrogens with two attached hydrogens (primary N) is 5. The molecule has 0 rings (SSSR count). The van der Waals surface area contributed by atoms with Crippen LogP contribution in [0.15, 0.2) is 9.98 Å². The summed E-state index contributed by atoms with van der Waals surface area (Å²) in [7, 11) is 0. The molecule has 7 atom stereocenters. The monoisotopic (exact) mass is 787 g/mol. The number of aliphatic hydroxyl groups is 2. The first kappa shape index (κ1) is 49.7. The van der Waals surface area contributed by atoms with Crippen LogP contribution in [-0.2, 0) is 33.6 Å². The van der Waals surface area contributed by atoms with E-state index in [9.17, 15) is 48.9 Å². The third kappa shape index (κ3) is 20.1. The van der Waals surface area contributed by atoms with Gasteiger partial charge in [0, 0.05) is 13.1 Å². The number of carboxylic acids is 1. The summed E-state index contributed by atoms with van der Waals surface area (Å²) >= 11 is 0. The number of aliphatic carboxylic acids is 1. The highest BCUT2D eigenvalue weighted by atomic mass is 16.4. The Morgan fingerprint density at radius 2 is 1.00 bits per heavy atom. The standard InChI is InChI=1S/C32H61N13O10/c1-15(2)12-20(26(50)45-23(16(3)4)29(53)41-19(30(54)55)9-7-11-39-32(36)37)42-24(48)17(5)40-27(51)21(13-46)44-28(52)22(14-47)43-25(49)18(33)8-6-10-38-31(34)35/h15-23,46-47H,6-14,33H2,1-5H3,(H,40,51)(H,41,53)(H,42,48)(H,43,49)(H,44,52)(H,45,50)(H,54,55)(H4,34,35,38)(H4,36,37,39)/t17-,18-,19-,20-,21-,22-,23-/m0/s1. The van der Waals surface area contributed by atoms with Crippen molar-refractivity contribution < 1.29 is 48.9 Å². The normalized spacial score (nSPS) is 14.8. The Morgan fingerprint density at radius 1 is 0.564 bits per heavy atom. The number of carboxylic acid groups (broad SMARTS) is 1. The van der Waals surface area contributed by atoms with Crippen LogP contribution in [0.5, 0.6) is 0 Å². The molecule has 0 aliphatic heterocycles. The van der Waals surface area contributed by atoms with E-state index >= 15 is 0 Å². The summed E-state index contributed by atoms with van der Waals surface area (Å²) in [6.45, 7) is 6.65. The molecular formula is C32H61N13O10. The molecule has 0 aliphatic carbocycles. The maximum absolute atomic E-state index is 13.4. The maximum Gasteiger partial charge on any atom is 0.326 e. The van der Waals surface area contributed by atoms with Gasteiger partial charge in [0.05, 0.1) is 19.3 Å². The molecule has 19 N–H and O–H groups in total. The average molecular weight is 788 g/mol. The minimum absolute atomic E-state index is 0.00398. The Labute approximate surface area is 319 Å². The molecule has 23 heteroatoms. The first-order valence-electron chi connectivity index (χ1n) is 17.8. The minimum Gasteiger partial charge on any atom is -0.480 e. The van der Waals surface area contributed by atoms with Gasteiger partial charge < -0.3 is 75.9 Å². The zero-order valence-electron chi connectivity index (χ0n) is 32.0. The van der Waals surface area contributed by atoms with E-state index in [0.717, 1.165) is 0 Å². The number of hydrogen-bond acceptors (Lipinski definition) is 12. The number of hydrogen-bond donors (Lipinski definition) is 14. The molecule has 0 heterocycles. The van der Waals surface area contributed by atoms with E-state index in [0.29, 0.717) is 6.42 Å². The van der Waals surface area contributed by atoms with Gasteiger partial charge in [0.15, 0.2) is 11.9 Å². The van der Waals surface area contributed by atoms with Crippen molar-refractivity contribution in [2.45, 2.75) is 109 Å². The Kier molecular flexibility index (Phi) is 23.2. The molecule has 0 aromatic heterocycles. The fraction of sp³-hybridized carbons (Fsp3) is 0.719. The molecule has 0 fully saturated rings. The highest BCUT2D eigenvalue weighted by Crippen LogP contribution is 2.10. The number of guanidine groups is 2. The van der Waals surface area contributed by atoms with Crippen LogP contribution in [0.1, 0.15) is 66.7 Å². The number of nitrogens with one attached hydrogen (secondary N) is 6. The van der Waals surface area contributed by atoms with Gasteiger partial charge in [-0.1, -0.05) is 27.7 Å². The third-order valence-electron chi connectivity index (χ3n) is 7.83. The van der Waals surface area contributed by atoms with Gasteiger partial charge in [0.1, 0.15) is 36.3 Å². The van der Waals surface area contributed by atoms with Crippen LogP contribution in [0.3, 0.4) is 0 Å². The number of amides is 6. The Morgan fingerprint density at radius 3 is 1.45 bits per heavy atom. The number of nitrogens with zero attached hydrogens (tertiary/aromatic N) is 2. The number of aliphatic imine (C=N–C) groups is 2. The minimum atomic E-state index is -1.62. The molecule has 0 radical (unpaired) electrons. The SMILES string of the molecule is CC(C)C[C@H](NC(=O)[C@H](C)NC(=O)[C@H](CO)NC(=O)[C@H](CO)NC(=O)[C@@H](N)CCCN=C(N)N)C(=O)N[C@H](C(=O)N[C@@H](CCCN=C(N)N)C(=O)O)C(C)C. The first-order chi connectivity index (χ1) is 25.6. The molecule has 55 heavy (non-hydrogen) atoms. The molecule has 0 aromatic rings. The predicted octanol–water partition coefficient (Wildman–Crippen LogP) is -5.88. The summed E-state index contributed by atoms with van der Waals surface area (Å²) in [5.41, 5.74) is 26.9. The van der Waals surface area contributed by atoms with E-state index in [4.69, 9.17) is 28.7 Å². The van der Waals surface area contributed by atoms with Crippen molar-refractivity contribution in [3.8, 4) is 0 Å². The summed E-state index contributed by atoms with van der Waals surface area (Å²) < 4.78 is 0. The second kappa shape index (κ2) is 25.7. The highest BCUT2D eigenvalue weighted by Gasteiger charge is 2.33. The van der Waals surface area contributed by atoms with Crippen LogP contribution in [0.25, 0.3) is 0 Å². The maximum atomic E-state index is 13.4. The van der Waals surface area contributed by atoms with Crippen molar-refractivity contribution >= 4 is 53.3 Å². The van der Waals surface area contributed by atoms with Crippen molar-refractivity contribution in [2.75, 3.05) is 26.3 Å². The van der Waals surface area contributed by atoms with Crippen LogP contribution in [-0.4, -0.2) is 137 Å². The quantitative estimate of drug-likeness (QED) is 0.0221. The first-order valence-corrected chi connectivity index (χ1v) is 17.8. The van der Waals surface area contributed by atoms with E-state index in [2.05, 4.69) is 41.9 Å². The zero-order valence-corrected chi connectivity index (χ0v) is 32.0. The molecule has 6 amide bonds. The van der Waals surface area contributed by atoms with E-state index in [1.54, 1.807) is 27.7 Å². The fourth-order valence-electron chi connectivity index (χ4n) is 4.78. The molecular weight excluding hydrogens is 726 g/mol. The van der Waals surface area contributed by atoms with Crippen molar-refractivity contribution in [1.82, 2.24) is 31.9 Å². The lowest BCUT2D eigenvalue weighted by molar-refractivity contribution is -0.142. The fourth-order valence-corrected chi connectivity index (χ4v) is 4.78. The van der Waals surface area contributed by atoms with E-state index in [-0.39, 0.29) is 56.6 Å². The van der Waals surface area contributed by atoms with Gasteiger partial charge >= 0.3 is 5.97 Å². The Bertz CT molecular complexity index is 1350. The Hall–Kier alpha value is -5.29. The summed E-state index contributed by atoms with van der Waals surface area (Å²) in [6.07, 6.45) is 0.852. The van der Waals surface area contributed by atoms with Gasteiger partial charge in [-0.25, -0.2) is 4.79 Å². The summed E-state index contributed by atoms with van der Waals surface area (Å²) in [5.74, 6) is -7.41. The van der Waals surface area contributed by atoms with Crippen molar-refractivity contribution in [3.63, 3.8) is 0 Å². The van der Waals surface area contributed by atoms with E-state index in [1.165, 1.54) is 6.92 Å². The number of carbonyl (C=O) groups excluding carboxylic acids is 6. The van der Waals surface area contributed by atoms with Gasteiger partial charge in [-0.2, -0.15) is 0 Å². The van der Waals surface area contributed by atoms with E-state index in [1.807, 2.05) is 0 Å². The van der Waals surface area contributed by atoms with Gasteiger partial charge in [-0.15, -0.1) is 0 Å². The van der Waals surface area contributed by atoms with Gasteiger partial charge in [-0.05, 0) is 50.9 Å². The topological polar surface area (TPSA) is 407 Å². The lowest BCUT2D eigenvalue weighted by Crippen LogP contribution is -2.60. The van der Waals surface area contributed by atoms with Gasteiger partial charge in [0.2, 0.25) is 35.4 Å². The second-order valence-corrected chi connectivity index (χ2v) is 13.5. The number of rotatable bonds is 26. The van der Waals surface area contributed by atoms with E-state index < -0.39 is 103 Å². The van der Waals surface area contributed by atoms with Crippen molar-refractivity contribution in [2.24, 2.45) is 50.5 Å². The second-order valence-electron chi connectivity index (χ2n) is 13.5. The largest absolute Gasteiger partial charge is 0.480 e. The van der Waals surface area contributed by atoms with Crippen LogP contribution >= 0.6 is 0 Å². The number of aliphatic hydroxyl groups excluding tert-OH is 2. The average Bonchev–Trinajstić information content (AvgIpc) is 3.09. The smallest absolute Gasteiger partial charge is 0.326 e. The van der Waals surface area contributed by atoms with Crippen LogP contribution in [0.4, 0.5) is 0 Å². The van der Waals surface area contributed by atoms with Crippen LogP contribution in [0, 0.1) is 11.8 Å². The molecule has 0 spiro atoms. The van der Waals surface area contributed by atoms with Crippen LogP contribution in [0.2, 0.25) is 0 Å². The molecule has 0 saturated carbocycles. The summed E-state index contributed by atoms with van der Waals surface area (Å²) in [4.78, 5) is 97.3. The van der Waals surface area contributed by atoms with Gasteiger partial charge in [0.25, 0.3) is 0 Å². The van der Waals surface area contributed by atoms with Crippen molar-refractivity contribution in [1.29, 1.82) is 0 Å². The molecule has 0 bridgehead atoms.